The lowest BCUT2D eigenvalue weighted by atomic mass is 10.1. The molecule has 14 nitrogen and oxygen atoms in total. The average molecular weight is 737 g/mol. The van der Waals surface area contributed by atoms with Gasteiger partial charge in [0.15, 0.2) is 11.5 Å². The van der Waals surface area contributed by atoms with E-state index in [4.69, 9.17) is 14.2 Å². The van der Waals surface area contributed by atoms with Crippen molar-refractivity contribution in [3.8, 4) is 23.0 Å². The number of para-hydroxylation sites is 2. The molecule has 2 saturated heterocycles. The van der Waals surface area contributed by atoms with Gasteiger partial charge in [0.05, 0.1) is 41.0 Å². The van der Waals surface area contributed by atoms with Gasteiger partial charge in [-0.2, -0.15) is 0 Å². The molecule has 3 N–H and O–H groups in total. The lowest BCUT2D eigenvalue weighted by Gasteiger charge is -2.25. The molecule has 2 aliphatic rings. The van der Waals surface area contributed by atoms with Crippen molar-refractivity contribution in [1.29, 1.82) is 0 Å². The fourth-order valence-corrected chi connectivity index (χ4v) is 6.39. The van der Waals surface area contributed by atoms with Gasteiger partial charge in [-0.05, 0) is 74.2 Å². The van der Waals surface area contributed by atoms with Gasteiger partial charge in [-0.1, -0.05) is 36.4 Å². The average Bonchev–Trinajstić information content (AvgIpc) is 3.86. The van der Waals surface area contributed by atoms with Crippen molar-refractivity contribution >= 4 is 57.2 Å². The molecule has 2 unspecified atom stereocenters. The van der Waals surface area contributed by atoms with E-state index in [0.717, 1.165) is 51.9 Å². The number of anilines is 4. The van der Waals surface area contributed by atoms with Gasteiger partial charge < -0.3 is 47.7 Å². The molecule has 2 atom stereocenters. The fourth-order valence-electron chi connectivity index (χ4n) is 5.73. The number of carbonyl (C=O) groups is 2. The zero-order chi connectivity index (χ0) is 36.3. The molecule has 0 aromatic heterocycles. The van der Waals surface area contributed by atoms with Crippen LogP contribution in [0.5, 0.6) is 23.0 Å². The molecule has 0 bridgehead atoms. The Balaban J connectivity index is 0.000000198. The molecule has 4 aromatic carbocycles. The van der Waals surface area contributed by atoms with Gasteiger partial charge in [-0.25, -0.2) is 9.59 Å². The van der Waals surface area contributed by atoms with E-state index in [1.807, 2.05) is 29.2 Å². The summed E-state index contributed by atoms with van der Waals surface area (Å²) in [6.45, 7) is 3.12. The first-order chi connectivity index (χ1) is 24.6. The molecule has 6 rings (SSSR count). The third-order valence-corrected chi connectivity index (χ3v) is 8.79. The molecular weight excluding hydrogens is 701 g/mol. The second-order valence-electron chi connectivity index (χ2n) is 11.4. The van der Waals surface area contributed by atoms with Crippen molar-refractivity contribution in [2.45, 2.75) is 25.7 Å². The Morgan fingerprint density at radius 3 is 1.43 bits per heavy atom. The van der Waals surface area contributed by atoms with Gasteiger partial charge >= 0.3 is 11.9 Å². The molecule has 16 heteroatoms. The van der Waals surface area contributed by atoms with E-state index in [1.165, 1.54) is 25.3 Å². The van der Waals surface area contributed by atoms with E-state index in [0.29, 0.717) is 34.4 Å². The molecule has 0 radical (unpaired) electrons. The molecule has 4 aromatic rings. The number of carbonyl (C=O) groups excluding carboxylic acids is 1. The third-order valence-electron chi connectivity index (χ3n) is 8.01. The molecule has 2 fully saturated rings. The lowest BCUT2D eigenvalue weighted by Crippen LogP contribution is -2.20. The van der Waals surface area contributed by atoms with Gasteiger partial charge in [0.2, 0.25) is 0 Å². The maximum absolute atomic E-state index is 12.0. The first-order valence-electron chi connectivity index (χ1n) is 16.0. The van der Waals surface area contributed by atoms with Crippen LogP contribution in [0.1, 0.15) is 46.4 Å². The summed E-state index contributed by atoms with van der Waals surface area (Å²) < 4.78 is 66.1. The van der Waals surface area contributed by atoms with E-state index in [2.05, 4.69) is 14.3 Å². The number of hydrogen-bond donors (Lipinski definition) is 3. The van der Waals surface area contributed by atoms with E-state index >= 15 is 0 Å². The van der Waals surface area contributed by atoms with Crippen LogP contribution in [0.15, 0.2) is 84.9 Å². The van der Waals surface area contributed by atoms with Crippen LogP contribution in [-0.2, 0) is 27.3 Å². The maximum Gasteiger partial charge on any atom is 0.338 e. The van der Waals surface area contributed by atoms with Crippen molar-refractivity contribution in [2.24, 2.45) is 0 Å². The summed E-state index contributed by atoms with van der Waals surface area (Å²) in [5.74, 6) is 0.0735. The van der Waals surface area contributed by atoms with Gasteiger partial charge in [0.25, 0.3) is 0 Å². The number of nitrogens with one attached hydrogen (secondary N) is 2. The highest BCUT2D eigenvalue weighted by atomic mass is 32.2. The van der Waals surface area contributed by atoms with Crippen LogP contribution in [0.2, 0.25) is 0 Å². The predicted octanol–water partition coefficient (Wildman–Crippen LogP) is 6.06. The van der Waals surface area contributed by atoms with Crippen LogP contribution >= 0.6 is 0 Å². The molecular formula is C35H36N4O10S2-2. The zero-order valence-corrected chi connectivity index (χ0v) is 29.2. The second kappa shape index (κ2) is 17.7. The Morgan fingerprint density at radius 1 is 0.667 bits per heavy atom. The molecule has 270 valence electrons. The minimum Gasteiger partial charge on any atom is -0.755 e. The molecule has 0 saturated carbocycles. The SMILES string of the molecule is COC(=O)c1cc(NS(=O)[O-])c(Oc2ccccc2)c(N2CCCC2)c1.O=C(O)c1cc(NS(=O)[O-])c(Oc2ccccc2)c(N2CCCC2)c1. The Kier molecular flexibility index (Phi) is 12.9. The summed E-state index contributed by atoms with van der Waals surface area (Å²) in [7, 11) is 1.28. The van der Waals surface area contributed by atoms with Crippen molar-refractivity contribution in [1.82, 2.24) is 0 Å². The number of methoxy groups -OCH3 is 1. The van der Waals surface area contributed by atoms with Crippen LogP contribution in [-0.4, -0.2) is 67.9 Å². The molecule has 0 amide bonds. The number of carboxylic acid groups (broad SMARTS) is 1. The summed E-state index contributed by atoms with van der Waals surface area (Å²) >= 11 is -5.18. The molecule has 0 spiro atoms. The van der Waals surface area contributed by atoms with Crippen molar-refractivity contribution in [3.05, 3.63) is 96.1 Å². The Hall–Kier alpha value is -5.16. The first-order valence-corrected chi connectivity index (χ1v) is 18.1. The van der Waals surface area contributed by atoms with E-state index < -0.39 is 34.5 Å². The highest BCUT2D eigenvalue weighted by Gasteiger charge is 2.25. The van der Waals surface area contributed by atoms with Gasteiger partial charge in [-0.15, -0.1) is 0 Å². The topological polar surface area (TPSA) is 193 Å². The molecule has 0 aliphatic carbocycles. The molecule has 51 heavy (non-hydrogen) atoms. The zero-order valence-electron chi connectivity index (χ0n) is 27.6. The Bertz CT molecular complexity index is 1870. The largest absolute Gasteiger partial charge is 0.755 e. The summed E-state index contributed by atoms with van der Waals surface area (Å²) in [5, 5.41) is 9.35. The van der Waals surface area contributed by atoms with Crippen LogP contribution in [0, 0.1) is 0 Å². The first kappa shape index (κ1) is 37.1. The molecule has 2 aliphatic heterocycles. The van der Waals surface area contributed by atoms with Crippen molar-refractivity contribution in [3.63, 3.8) is 0 Å². The Morgan fingerprint density at radius 2 is 1.06 bits per heavy atom. The van der Waals surface area contributed by atoms with Crippen molar-refractivity contribution in [2.75, 3.05) is 52.5 Å². The van der Waals surface area contributed by atoms with Crippen LogP contribution < -0.4 is 28.7 Å². The maximum atomic E-state index is 12.0. The van der Waals surface area contributed by atoms with Crippen LogP contribution in [0.3, 0.4) is 0 Å². The van der Waals surface area contributed by atoms with E-state index in [1.54, 1.807) is 42.5 Å². The number of rotatable bonds is 12. The number of ether oxygens (including phenoxy) is 3. The van der Waals surface area contributed by atoms with Crippen molar-refractivity contribution < 1.29 is 46.4 Å². The van der Waals surface area contributed by atoms with Crippen LogP contribution in [0.25, 0.3) is 0 Å². The predicted molar refractivity (Wildman–Crippen MR) is 192 cm³/mol. The Labute approximate surface area is 300 Å². The van der Waals surface area contributed by atoms with Gasteiger partial charge in [0, 0.05) is 48.7 Å². The second-order valence-corrected chi connectivity index (χ2v) is 12.8. The number of aromatic carboxylic acids is 1. The highest BCUT2D eigenvalue weighted by molar-refractivity contribution is 7.80. The van der Waals surface area contributed by atoms with Crippen LogP contribution in [0.4, 0.5) is 22.7 Å². The summed E-state index contributed by atoms with van der Waals surface area (Å²) in [5.41, 5.74) is 1.75. The monoisotopic (exact) mass is 736 g/mol. The number of carboxylic acids is 1. The minimum absolute atomic E-state index is 0.00439. The standard InChI is InChI=1S/C18H20N2O5S.C17H18N2O5S/c1-24-18(21)13-11-15(19-26(22)23)17(25-14-7-3-2-4-8-14)16(12-13)20-9-5-6-10-20;20-17(21)12-10-14(18-25(22)23)16(24-13-6-2-1-3-7-13)15(11-12)19-8-4-5-9-19/h2-4,7-8,11-12,19H,5-6,9-10H2,1H3,(H,22,23);1-3,6-7,10-11,18H,4-5,8-9H2,(H,20,21)(H,22,23)/p-2. The summed E-state index contributed by atoms with van der Waals surface area (Å²) in [4.78, 5) is 27.5. The third kappa shape index (κ3) is 9.97. The quantitative estimate of drug-likeness (QED) is 0.113. The number of nitrogens with zero attached hydrogens (tertiary/aromatic N) is 2. The summed E-state index contributed by atoms with van der Waals surface area (Å²) in [6, 6.07) is 23.9. The van der Waals surface area contributed by atoms with Gasteiger partial charge in [0.1, 0.15) is 11.5 Å². The molecule has 2 heterocycles. The number of hydrogen-bond acceptors (Lipinski definition) is 11. The fraction of sp³-hybridized carbons (Fsp3) is 0.257. The van der Waals surface area contributed by atoms with E-state index in [-0.39, 0.29) is 22.5 Å². The van der Waals surface area contributed by atoms with E-state index in [9.17, 15) is 32.2 Å². The van der Waals surface area contributed by atoms with Gasteiger partial charge in [-0.3, -0.25) is 8.42 Å². The highest BCUT2D eigenvalue weighted by Crippen LogP contribution is 2.43. The summed E-state index contributed by atoms with van der Waals surface area (Å²) in [6.07, 6.45) is 4.00. The number of esters is 1. The normalized spacial score (nSPS) is 14.9. The number of benzene rings is 4. The lowest BCUT2D eigenvalue weighted by molar-refractivity contribution is 0.0599. The smallest absolute Gasteiger partial charge is 0.338 e. The minimum atomic E-state index is -2.61.